The molecule has 0 aromatic heterocycles. The second-order valence-corrected chi connectivity index (χ2v) is 1.73. The minimum atomic E-state index is 0. The van der Waals surface area contributed by atoms with E-state index in [0.717, 1.165) is 0 Å². The Morgan fingerprint density at radius 2 is 1.80 bits per heavy atom. The molecule has 0 saturated heterocycles. The first-order chi connectivity index (χ1) is 1.91. The van der Waals surface area contributed by atoms with E-state index in [9.17, 15) is 0 Å². The van der Waals surface area contributed by atoms with Crippen molar-refractivity contribution in [3.8, 4) is 0 Å². The Morgan fingerprint density at radius 1 is 1.60 bits per heavy atom. The Hall–Kier alpha value is 0.640. The Bertz CT molecular complexity index is 8.85. The molecule has 0 rings (SSSR count). The first-order valence-electron chi connectivity index (χ1n) is 1.40. The van der Waals surface area contributed by atoms with Gasteiger partial charge in [0.15, 0.2) is 0 Å². The van der Waals surface area contributed by atoms with Crippen LogP contribution in [0.1, 0.15) is 6.92 Å². The van der Waals surface area contributed by atoms with Crippen LogP contribution >= 0.6 is 24.2 Å². The van der Waals surface area contributed by atoms with Gasteiger partial charge in [-0.15, -0.1) is 12.4 Å². The number of thioether (sulfide) groups is 1. The molecule has 0 radical (unpaired) electrons. The molecule has 0 atom stereocenters. The van der Waals surface area contributed by atoms with Crippen LogP contribution in [0.4, 0.5) is 0 Å². The lowest BCUT2D eigenvalue weighted by molar-refractivity contribution is 1.53. The van der Waals surface area contributed by atoms with Crippen molar-refractivity contribution in [1.82, 2.24) is 0 Å². The molecule has 0 aromatic rings. The molecule has 0 aliphatic rings. The van der Waals surface area contributed by atoms with Gasteiger partial charge in [0.2, 0.25) is 0 Å². The summed E-state index contributed by atoms with van der Waals surface area (Å²) >= 11 is 1.86. The molecule has 0 aromatic carbocycles. The molecular weight excluding hydrogens is 104 g/mol. The zero-order valence-corrected chi connectivity index (χ0v) is 5.16. The highest BCUT2D eigenvalue weighted by Gasteiger charge is 1.55. The number of halogens is 1. The smallest absolute Gasteiger partial charge is 0.00988 e. The summed E-state index contributed by atoms with van der Waals surface area (Å²) in [5.74, 6) is 1.24. The van der Waals surface area contributed by atoms with Crippen molar-refractivity contribution < 1.29 is 0 Å². The molecule has 0 heterocycles. The largest absolute Gasteiger partial charge is 0.166 e. The fourth-order valence-corrected chi connectivity index (χ4v) is 0. The van der Waals surface area contributed by atoms with E-state index in [1.165, 1.54) is 5.75 Å². The molecule has 0 fully saturated rings. The summed E-state index contributed by atoms with van der Waals surface area (Å²) in [5, 5.41) is 0. The lowest BCUT2D eigenvalue weighted by Crippen LogP contribution is -1.52. The second-order valence-electron chi connectivity index (χ2n) is 0.577. The molecule has 34 valence electrons. The summed E-state index contributed by atoms with van der Waals surface area (Å²) in [6, 6.07) is 0. The van der Waals surface area contributed by atoms with Crippen LogP contribution in [0.25, 0.3) is 0 Å². The molecule has 0 bridgehead atoms. The number of hydrogen-bond donors (Lipinski definition) is 0. The molecule has 0 aliphatic carbocycles. The van der Waals surface area contributed by atoms with Crippen LogP contribution in [0.2, 0.25) is 0 Å². The Balaban J connectivity index is 0. The highest BCUT2D eigenvalue weighted by Crippen LogP contribution is 1.83. The molecular formula is C3H9ClS. The minimum Gasteiger partial charge on any atom is -0.166 e. The molecule has 0 nitrogen and oxygen atoms in total. The lowest BCUT2D eigenvalue weighted by Gasteiger charge is -1.69. The Morgan fingerprint density at radius 3 is 1.80 bits per heavy atom. The summed E-state index contributed by atoms with van der Waals surface area (Å²) in [5.41, 5.74) is 0. The van der Waals surface area contributed by atoms with E-state index in [1.54, 1.807) is 0 Å². The van der Waals surface area contributed by atoms with Crippen molar-refractivity contribution in [2.24, 2.45) is 0 Å². The second kappa shape index (κ2) is 8.82. The third-order valence-corrected chi connectivity index (χ3v) is 0.866. The van der Waals surface area contributed by atoms with Gasteiger partial charge >= 0.3 is 0 Å². The normalized spacial score (nSPS) is 6.00. The highest BCUT2D eigenvalue weighted by atomic mass is 35.5. The molecule has 0 unspecified atom stereocenters. The average Bonchev–Trinajstić information content (AvgIpc) is 1.37. The third kappa shape index (κ3) is 12.0. The van der Waals surface area contributed by atoms with Crippen LogP contribution in [-0.4, -0.2) is 12.0 Å². The van der Waals surface area contributed by atoms with Crippen molar-refractivity contribution in [1.29, 1.82) is 0 Å². The maximum Gasteiger partial charge on any atom is -0.00988 e. The first-order valence-corrected chi connectivity index (χ1v) is 2.80. The molecule has 2 heteroatoms. The van der Waals surface area contributed by atoms with Crippen LogP contribution < -0.4 is 0 Å². The predicted molar refractivity (Wildman–Crippen MR) is 31.3 cm³/mol. The van der Waals surface area contributed by atoms with E-state index >= 15 is 0 Å². The van der Waals surface area contributed by atoms with Crippen molar-refractivity contribution in [3.05, 3.63) is 0 Å². The molecule has 0 saturated carbocycles. The molecule has 0 N–H and O–H groups in total. The molecule has 0 aliphatic heterocycles. The van der Waals surface area contributed by atoms with E-state index in [0.29, 0.717) is 0 Å². The minimum absolute atomic E-state index is 0. The van der Waals surface area contributed by atoms with Gasteiger partial charge in [0.1, 0.15) is 0 Å². The Labute approximate surface area is 43.7 Å². The number of hydrogen-bond acceptors (Lipinski definition) is 1. The maximum absolute atomic E-state index is 2.14. The van der Waals surface area contributed by atoms with Crippen LogP contribution in [0.3, 0.4) is 0 Å². The fraction of sp³-hybridized carbons (Fsp3) is 1.00. The van der Waals surface area contributed by atoms with Crippen LogP contribution in [0.5, 0.6) is 0 Å². The summed E-state index contributed by atoms with van der Waals surface area (Å²) in [6.07, 6.45) is 2.10. The van der Waals surface area contributed by atoms with Gasteiger partial charge in [-0.2, -0.15) is 11.8 Å². The lowest BCUT2D eigenvalue weighted by atomic mass is 11.0. The zero-order valence-electron chi connectivity index (χ0n) is 3.52. The van der Waals surface area contributed by atoms with Crippen molar-refractivity contribution in [2.75, 3.05) is 12.0 Å². The highest BCUT2D eigenvalue weighted by molar-refractivity contribution is 7.98. The van der Waals surface area contributed by atoms with Crippen molar-refractivity contribution in [2.45, 2.75) is 6.92 Å². The fourth-order valence-electron chi connectivity index (χ4n) is 0. The third-order valence-electron chi connectivity index (χ3n) is 0.289. The van der Waals surface area contributed by atoms with Crippen LogP contribution in [0.15, 0.2) is 0 Å². The van der Waals surface area contributed by atoms with Crippen LogP contribution in [0, 0.1) is 0 Å². The summed E-state index contributed by atoms with van der Waals surface area (Å²) in [7, 11) is 0. The average molecular weight is 113 g/mol. The van der Waals surface area contributed by atoms with E-state index in [-0.39, 0.29) is 12.4 Å². The van der Waals surface area contributed by atoms with Gasteiger partial charge in [-0.3, -0.25) is 0 Å². The molecule has 5 heavy (non-hydrogen) atoms. The van der Waals surface area contributed by atoms with Crippen molar-refractivity contribution >= 4 is 24.2 Å². The zero-order chi connectivity index (χ0) is 3.41. The quantitative estimate of drug-likeness (QED) is 0.499. The predicted octanol–water partition coefficient (Wildman–Crippen LogP) is 1.79. The molecule has 0 amide bonds. The summed E-state index contributed by atoms with van der Waals surface area (Å²) in [4.78, 5) is 0. The number of rotatable bonds is 1. The van der Waals surface area contributed by atoms with Gasteiger partial charge in [0.25, 0.3) is 0 Å². The first kappa shape index (κ1) is 9.16. The Kier molecular flexibility index (Phi) is 16.2. The van der Waals surface area contributed by atoms with E-state index < -0.39 is 0 Å². The maximum atomic E-state index is 2.14. The van der Waals surface area contributed by atoms with Gasteiger partial charge < -0.3 is 0 Å². The van der Waals surface area contributed by atoms with Gasteiger partial charge in [0, 0.05) is 0 Å². The van der Waals surface area contributed by atoms with E-state index in [2.05, 4.69) is 13.2 Å². The summed E-state index contributed by atoms with van der Waals surface area (Å²) < 4.78 is 0. The standard InChI is InChI=1S/C3H8S.ClH/c1-3-4-2;/h3H2,1-2H3;1H. The SMILES string of the molecule is CCSC.Cl. The van der Waals surface area contributed by atoms with Gasteiger partial charge in [-0.25, -0.2) is 0 Å². The van der Waals surface area contributed by atoms with E-state index in [1.807, 2.05) is 11.8 Å². The van der Waals surface area contributed by atoms with E-state index in [4.69, 9.17) is 0 Å². The topological polar surface area (TPSA) is 0 Å². The van der Waals surface area contributed by atoms with Crippen molar-refractivity contribution in [3.63, 3.8) is 0 Å². The summed E-state index contributed by atoms with van der Waals surface area (Å²) in [6.45, 7) is 2.14. The molecule has 0 spiro atoms. The van der Waals surface area contributed by atoms with Crippen LogP contribution in [-0.2, 0) is 0 Å². The van der Waals surface area contributed by atoms with Gasteiger partial charge in [-0.05, 0) is 12.0 Å². The van der Waals surface area contributed by atoms with Gasteiger partial charge in [0.05, 0.1) is 0 Å². The van der Waals surface area contributed by atoms with Gasteiger partial charge in [-0.1, -0.05) is 6.92 Å². The monoisotopic (exact) mass is 112 g/mol.